The third-order valence-corrected chi connectivity index (χ3v) is 11.5. The first-order valence-electron chi connectivity index (χ1n) is 20.3. The van der Waals surface area contributed by atoms with E-state index in [0.717, 1.165) is 33.9 Å². The first-order chi connectivity index (χ1) is 28.8. The van der Waals surface area contributed by atoms with Crippen molar-refractivity contribution in [3.8, 4) is 67.5 Å². The summed E-state index contributed by atoms with van der Waals surface area (Å²) in [6.45, 7) is 9.03. The van der Waals surface area contributed by atoms with Gasteiger partial charge in [0.05, 0.1) is 16.7 Å². The number of benzene rings is 8. The quantitative estimate of drug-likeness (QED) is 0.162. The van der Waals surface area contributed by atoms with Gasteiger partial charge < -0.3 is 4.57 Å². The monoisotopic (exact) mass is 760 g/mol. The average molecular weight is 761 g/mol. The van der Waals surface area contributed by atoms with Crippen LogP contribution in [0.4, 0.5) is 0 Å². The van der Waals surface area contributed by atoms with Gasteiger partial charge >= 0.3 is 0 Å². The summed E-state index contributed by atoms with van der Waals surface area (Å²) in [6, 6.07) is 69.4. The van der Waals surface area contributed by atoms with E-state index in [1.54, 1.807) is 0 Å². The van der Waals surface area contributed by atoms with Crippen LogP contribution in [0, 0.1) is 6.92 Å². The predicted octanol–water partition coefficient (Wildman–Crippen LogP) is 14.3. The van der Waals surface area contributed by atoms with Gasteiger partial charge in [0.2, 0.25) is 0 Å². The van der Waals surface area contributed by atoms with Crippen LogP contribution in [0.2, 0.25) is 0 Å². The molecule has 0 amide bonds. The maximum absolute atomic E-state index is 5.01. The summed E-state index contributed by atoms with van der Waals surface area (Å²) >= 11 is 0. The first-order valence-corrected chi connectivity index (χ1v) is 20.3. The van der Waals surface area contributed by atoms with Gasteiger partial charge in [0.25, 0.3) is 0 Å². The summed E-state index contributed by atoms with van der Waals surface area (Å²) in [5.41, 5.74) is 16.3. The van der Waals surface area contributed by atoms with Crippen LogP contribution in [-0.4, -0.2) is 19.3 Å². The fourth-order valence-corrected chi connectivity index (χ4v) is 8.37. The van der Waals surface area contributed by atoms with Gasteiger partial charge in [-0.3, -0.25) is 0 Å². The highest BCUT2D eigenvalue weighted by Crippen LogP contribution is 2.40. The lowest BCUT2D eigenvalue weighted by atomic mass is 9.86. The van der Waals surface area contributed by atoms with Crippen molar-refractivity contribution in [1.82, 2.24) is 19.3 Å². The minimum atomic E-state index is 0.0708. The van der Waals surface area contributed by atoms with E-state index in [-0.39, 0.29) is 5.41 Å². The van der Waals surface area contributed by atoms with Crippen molar-refractivity contribution in [1.29, 1.82) is 0 Å². The van der Waals surface area contributed by atoms with Crippen molar-refractivity contribution in [2.75, 3.05) is 0 Å². The molecule has 4 nitrogen and oxygen atoms in total. The number of aryl methyl sites for hydroxylation is 1. The average Bonchev–Trinajstić information content (AvgIpc) is 3.87. The van der Waals surface area contributed by atoms with Crippen LogP contribution in [0.5, 0.6) is 0 Å². The van der Waals surface area contributed by atoms with Crippen molar-refractivity contribution in [2.45, 2.75) is 33.1 Å². The Labute approximate surface area is 345 Å². The minimum Gasteiger partial charge on any atom is -0.309 e. The Morgan fingerprint density at radius 3 is 1.49 bits per heavy atom. The lowest BCUT2D eigenvalue weighted by molar-refractivity contribution is 0.591. The van der Waals surface area contributed by atoms with Crippen LogP contribution in [0.25, 0.3) is 89.3 Å². The Morgan fingerprint density at radius 2 is 0.915 bits per heavy atom. The summed E-state index contributed by atoms with van der Waals surface area (Å²) < 4.78 is 4.37. The molecule has 0 bridgehead atoms. The Morgan fingerprint density at radius 1 is 0.424 bits per heavy atom. The molecule has 0 radical (unpaired) electrons. The second kappa shape index (κ2) is 14.6. The van der Waals surface area contributed by atoms with Gasteiger partial charge in [-0.1, -0.05) is 172 Å². The van der Waals surface area contributed by atoms with Gasteiger partial charge in [0, 0.05) is 27.6 Å². The third kappa shape index (κ3) is 6.63. The van der Waals surface area contributed by atoms with Gasteiger partial charge in [0.15, 0.2) is 11.6 Å². The maximum Gasteiger partial charge on any atom is 0.182 e. The largest absolute Gasteiger partial charge is 0.309 e. The molecule has 0 aliphatic heterocycles. The van der Waals surface area contributed by atoms with Crippen molar-refractivity contribution < 1.29 is 0 Å². The lowest BCUT2D eigenvalue weighted by Gasteiger charge is -2.19. The van der Waals surface area contributed by atoms with Gasteiger partial charge in [-0.2, -0.15) is 0 Å². The van der Waals surface area contributed by atoms with E-state index in [2.05, 4.69) is 190 Å². The standard InChI is InChI=1S/C55H44N4/c1-37-23-33-51-49(35-37)50-36-42(55(2,3)4)28-34-52(50)58(51)43-29-24-38(25-30-43)45-19-11-13-21-47(45)48-22-14-12-20-46(48)39-26-31-44(32-27-39)59-54(41-17-9-6-10-18-41)56-53(57-59)40-15-7-5-8-16-40/h5-36H,1-4H3. The van der Waals surface area contributed by atoms with E-state index in [1.807, 2.05) is 41.1 Å². The number of rotatable bonds is 7. The zero-order valence-corrected chi connectivity index (χ0v) is 33.8. The molecule has 0 aliphatic rings. The Hall–Kier alpha value is -7.30. The molecule has 0 saturated heterocycles. The number of hydrogen-bond donors (Lipinski definition) is 0. The molecule has 0 saturated carbocycles. The van der Waals surface area contributed by atoms with Crippen LogP contribution >= 0.6 is 0 Å². The Bertz CT molecular complexity index is 3110. The van der Waals surface area contributed by atoms with Crippen LogP contribution < -0.4 is 0 Å². The molecular weight excluding hydrogens is 717 g/mol. The first kappa shape index (κ1) is 36.1. The van der Waals surface area contributed by atoms with E-state index < -0.39 is 0 Å². The van der Waals surface area contributed by atoms with Crippen molar-refractivity contribution in [3.63, 3.8) is 0 Å². The van der Waals surface area contributed by atoms with Gasteiger partial charge in [-0.25, -0.2) is 9.67 Å². The summed E-state index contributed by atoms with van der Waals surface area (Å²) in [7, 11) is 0. The van der Waals surface area contributed by atoms with Crippen LogP contribution in [0.3, 0.4) is 0 Å². The molecule has 0 spiro atoms. The molecule has 8 aromatic carbocycles. The summed E-state index contributed by atoms with van der Waals surface area (Å²) in [6.07, 6.45) is 0. The van der Waals surface area contributed by atoms with Gasteiger partial charge in [-0.05, 0) is 99.8 Å². The van der Waals surface area contributed by atoms with E-state index >= 15 is 0 Å². The van der Waals surface area contributed by atoms with Crippen LogP contribution in [0.1, 0.15) is 31.9 Å². The molecule has 10 rings (SSSR count). The minimum absolute atomic E-state index is 0.0708. The fourth-order valence-electron chi connectivity index (χ4n) is 8.37. The maximum atomic E-state index is 5.01. The highest BCUT2D eigenvalue weighted by atomic mass is 15.4. The topological polar surface area (TPSA) is 35.6 Å². The number of hydrogen-bond acceptors (Lipinski definition) is 2. The van der Waals surface area contributed by atoms with E-state index in [4.69, 9.17) is 10.1 Å². The summed E-state index contributed by atoms with van der Waals surface area (Å²) in [5.74, 6) is 1.50. The molecule has 0 unspecified atom stereocenters. The molecule has 10 aromatic rings. The highest BCUT2D eigenvalue weighted by molar-refractivity contribution is 6.10. The molecule has 0 fully saturated rings. The molecule has 0 N–H and O–H groups in total. The Kier molecular flexibility index (Phi) is 8.91. The highest BCUT2D eigenvalue weighted by Gasteiger charge is 2.20. The van der Waals surface area contributed by atoms with Crippen molar-refractivity contribution in [3.05, 3.63) is 205 Å². The second-order valence-electron chi connectivity index (χ2n) is 16.4. The number of aromatic nitrogens is 4. The SMILES string of the molecule is Cc1ccc2c(c1)c1cc(C(C)(C)C)ccc1n2-c1ccc(-c2ccccc2-c2ccccc2-c2ccc(-n3nc(-c4ccccc4)nc3-c3ccccc3)cc2)cc1. The lowest BCUT2D eigenvalue weighted by Crippen LogP contribution is -2.10. The zero-order valence-electron chi connectivity index (χ0n) is 33.8. The molecular formula is C55H44N4. The smallest absolute Gasteiger partial charge is 0.182 e. The van der Waals surface area contributed by atoms with Crippen molar-refractivity contribution in [2.24, 2.45) is 0 Å². The summed E-state index contributed by atoms with van der Waals surface area (Å²) in [5, 5.41) is 7.60. The molecule has 2 aromatic heterocycles. The van der Waals surface area contributed by atoms with E-state index in [1.165, 1.54) is 60.8 Å². The molecule has 284 valence electrons. The molecule has 0 atom stereocenters. The predicted molar refractivity (Wildman–Crippen MR) is 246 cm³/mol. The molecule has 0 aliphatic carbocycles. The normalized spacial score (nSPS) is 11.7. The molecule has 59 heavy (non-hydrogen) atoms. The third-order valence-electron chi connectivity index (χ3n) is 11.5. The fraction of sp³-hybridized carbons (Fsp3) is 0.0909. The van der Waals surface area contributed by atoms with Crippen LogP contribution in [-0.2, 0) is 5.41 Å². The van der Waals surface area contributed by atoms with E-state index in [0.29, 0.717) is 5.82 Å². The molecule has 4 heteroatoms. The van der Waals surface area contributed by atoms with Gasteiger partial charge in [0.1, 0.15) is 0 Å². The summed E-state index contributed by atoms with van der Waals surface area (Å²) in [4.78, 5) is 5.01. The van der Waals surface area contributed by atoms with Crippen molar-refractivity contribution >= 4 is 21.8 Å². The van der Waals surface area contributed by atoms with Gasteiger partial charge in [-0.15, -0.1) is 5.10 Å². The van der Waals surface area contributed by atoms with Crippen LogP contribution in [0.15, 0.2) is 194 Å². The second-order valence-corrected chi connectivity index (χ2v) is 16.4. The zero-order chi connectivity index (χ0) is 40.1. The number of nitrogens with zero attached hydrogens (tertiary/aromatic N) is 4. The van der Waals surface area contributed by atoms with E-state index in [9.17, 15) is 0 Å². The number of fused-ring (bicyclic) bond motifs is 3. The Balaban J connectivity index is 1.01. The molecule has 2 heterocycles.